The first kappa shape index (κ1) is 16.8. The first-order chi connectivity index (χ1) is 11.4. The average molecular weight is 331 g/mol. The molecule has 2 unspecified atom stereocenters. The highest BCUT2D eigenvalue weighted by molar-refractivity contribution is 5.83. The van der Waals surface area contributed by atoms with Crippen LogP contribution in [0.2, 0.25) is 0 Å². The number of carbonyl (C=O) groups excluding carboxylic acids is 2. The largest absolute Gasteiger partial charge is 0.303 e. The minimum absolute atomic E-state index is 0.0238. The maximum absolute atomic E-state index is 12.1. The van der Waals surface area contributed by atoms with Crippen molar-refractivity contribution < 1.29 is 9.59 Å². The van der Waals surface area contributed by atoms with Crippen molar-refractivity contribution in [2.75, 3.05) is 0 Å². The van der Waals surface area contributed by atoms with Gasteiger partial charge in [0.15, 0.2) is 0 Å². The summed E-state index contributed by atoms with van der Waals surface area (Å²) in [6.07, 6.45) is 11.7. The Labute approximate surface area is 147 Å². The molecule has 8 atom stereocenters. The van der Waals surface area contributed by atoms with Gasteiger partial charge in [-0.2, -0.15) is 0 Å². The summed E-state index contributed by atoms with van der Waals surface area (Å²) in [4.78, 5) is 24.0. The lowest BCUT2D eigenvalue weighted by Gasteiger charge is -2.61. The fourth-order valence-corrected chi connectivity index (χ4v) is 8.17. The number of Topliss-reactive ketones (excluding diaryl/α,β-unsaturated/α-hetero) is 1. The molecule has 2 heteroatoms. The Morgan fingerprint density at radius 1 is 1.04 bits per heavy atom. The molecular formula is C22H34O2. The van der Waals surface area contributed by atoms with Crippen LogP contribution in [0.15, 0.2) is 0 Å². The lowest BCUT2D eigenvalue weighted by atomic mass is 9.42. The molecule has 4 fully saturated rings. The number of hydrogen-bond donors (Lipinski definition) is 0. The Morgan fingerprint density at radius 2 is 1.83 bits per heavy atom. The molecule has 0 aromatic carbocycles. The molecule has 4 rings (SSSR count). The van der Waals surface area contributed by atoms with Crippen LogP contribution in [-0.4, -0.2) is 12.1 Å². The van der Waals surface area contributed by atoms with Crippen LogP contribution in [0, 0.1) is 46.3 Å². The molecule has 0 aromatic heterocycles. The summed E-state index contributed by atoms with van der Waals surface area (Å²) in [5, 5.41) is 0. The van der Waals surface area contributed by atoms with Gasteiger partial charge < -0.3 is 4.79 Å². The highest BCUT2D eigenvalue weighted by Gasteiger charge is 2.62. The maximum atomic E-state index is 12.1. The van der Waals surface area contributed by atoms with Crippen LogP contribution < -0.4 is 0 Å². The van der Waals surface area contributed by atoms with Crippen molar-refractivity contribution in [1.29, 1.82) is 0 Å². The van der Waals surface area contributed by atoms with Gasteiger partial charge >= 0.3 is 0 Å². The zero-order valence-electron chi connectivity index (χ0n) is 15.7. The third-order valence-corrected chi connectivity index (χ3v) is 9.54. The van der Waals surface area contributed by atoms with Gasteiger partial charge in [-0.25, -0.2) is 0 Å². The van der Waals surface area contributed by atoms with Crippen molar-refractivity contribution in [3.8, 4) is 0 Å². The minimum atomic E-state index is -0.0238. The highest BCUT2D eigenvalue weighted by Crippen LogP contribution is 2.68. The number of rotatable bonds is 2. The molecule has 4 saturated carbocycles. The summed E-state index contributed by atoms with van der Waals surface area (Å²) >= 11 is 0. The van der Waals surface area contributed by atoms with E-state index < -0.39 is 0 Å². The molecule has 4 aliphatic carbocycles. The van der Waals surface area contributed by atoms with Crippen LogP contribution in [0.4, 0.5) is 0 Å². The van der Waals surface area contributed by atoms with Gasteiger partial charge in [0.1, 0.15) is 12.1 Å². The first-order valence-corrected chi connectivity index (χ1v) is 10.4. The molecule has 0 saturated heterocycles. The monoisotopic (exact) mass is 330 g/mol. The van der Waals surface area contributed by atoms with E-state index in [1.807, 2.05) is 0 Å². The Hall–Kier alpha value is -0.660. The van der Waals surface area contributed by atoms with Crippen molar-refractivity contribution in [2.24, 2.45) is 46.3 Å². The van der Waals surface area contributed by atoms with E-state index in [0.717, 1.165) is 30.5 Å². The summed E-state index contributed by atoms with van der Waals surface area (Å²) in [5.74, 6) is 4.02. The number of hydrogen-bond acceptors (Lipinski definition) is 2. The third-order valence-electron chi connectivity index (χ3n) is 9.54. The first-order valence-electron chi connectivity index (χ1n) is 10.4. The lowest BCUT2D eigenvalue weighted by Crippen LogP contribution is -2.57. The number of aldehydes is 1. The van der Waals surface area contributed by atoms with Gasteiger partial charge in [-0.05, 0) is 78.9 Å². The SMILES string of the molecule is CC[C@H]1CC[C@H]2[C@@H]3CCC4CC(=O)CC(C=O)[C@]4(C)[C@H]3CC[C@]12C. The molecule has 24 heavy (non-hydrogen) atoms. The molecule has 0 aromatic rings. The molecule has 2 nitrogen and oxygen atoms in total. The van der Waals surface area contributed by atoms with Crippen molar-refractivity contribution in [1.82, 2.24) is 0 Å². The zero-order chi connectivity index (χ0) is 17.1. The molecule has 134 valence electrons. The number of fused-ring (bicyclic) bond motifs is 5. The zero-order valence-corrected chi connectivity index (χ0v) is 15.7. The Kier molecular flexibility index (Phi) is 3.97. The Balaban J connectivity index is 1.67. The van der Waals surface area contributed by atoms with Gasteiger partial charge in [-0.3, -0.25) is 4.79 Å². The smallest absolute Gasteiger partial charge is 0.133 e. The summed E-state index contributed by atoms with van der Waals surface area (Å²) in [6, 6.07) is 0. The summed E-state index contributed by atoms with van der Waals surface area (Å²) in [5.41, 5.74) is 0.629. The lowest BCUT2D eigenvalue weighted by molar-refractivity contribution is -0.158. The van der Waals surface area contributed by atoms with Gasteiger partial charge in [0, 0.05) is 18.8 Å². The van der Waals surface area contributed by atoms with E-state index in [9.17, 15) is 9.59 Å². The average Bonchev–Trinajstić information content (AvgIpc) is 2.91. The summed E-state index contributed by atoms with van der Waals surface area (Å²) in [7, 11) is 0. The predicted octanol–water partition coefficient (Wildman–Crippen LogP) is 5.05. The Morgan fingerprint density at radius 3 is 2.54 bits per heavy atom. The molecule has 0 aliphatic heterocycles. The number of carbonyl (C=O) groups is 2. The minimum Gasteiger partial charge on any atom is -0.303 e. The van der Waals surface area contributed by atoms with Gasteiger partial charge in [0.25, 0.3) is 0 Å². The van der Waals surface area contributed by atoms with E-state index in [0.29, 0.717) is 29.5 Å². The van der Waals surface area contributed by atoms with Crippen LogP contribution in [0.25, 0.3) is 0 Å². The van der Waals surface area contributed by atoms with Gasteiger partial charge in [0.2, 0.25) is 0 Å². The molecule has 0 N–H and O–H groups in total. The van der Waals surface area contributed by atoms with Crippen LogP contribution in [0.3, 0.4) is 0 Å². The molecule has 0 spiro atoms. The van der Waals surface area contributed by atoms with E-state index in [-0.39, 0.29) is 11.3 Å². The fourth-order valence-electron chi connectivity index (χ4n) is 8.17. The van der Waals surface area contributed by atoms with Gasteiger partial charge in [0.05, 0.1) is 0 Å². The molecular weight excluding hydrogens is 296 g/mol. The van der Waals surface area contributed by atoms with Crippen LogP contribution in [0.5, 0.6) is 0 Å². The topological polar surface area (TPSA) is 34.1 Å². The van der Waals surface area contributed by atoms with Gasteiger partial charge in [-0.1, -0.05) is 27.2 Å². The van der Waals surface area contributed by atoms with Crippen molar-refractivity contribution in [3.05, 3.63) is 0 Å². The Bertz CT molecular complexity index is 540. The van der Waals surface area contributed by atoms with Crippen LogP contribution >= 0.6 is 0 Å². The molecule has 0 heterocycles. The number of ketones is 1. The van der Waals surface area contributed by atoms with E-state index in [4.69, 9.17) is 0 Å². The predicted molar refractivity (Wildman–Crippen MR) is 95.5 cm³/mol. The molecule has 0 radical (unpaired) electrons. The quantitative estimate of drug-likeness (QED) is 0.664. The third kappa shape index (κ3) is 2.07. The second-order valence-corrected chi connectivity index (χ2v) is 9.93. The van der Waals surface area contributed by atoms with E-state index in [2.05, 4.69) is 20.8 Å². The van der Waals surface area contributed by atoms with E-state index in [1.165, 1.54) is 44.9 Å². The standard InChI is InChI=1S/C22H34O2/c1-4-14-6-8-19-18-7-5-15-11-17(24)12-16(13-23)22(15,3)20(18)9-10-21(14,19)2/h13-16,18-20H,4-12H2,1-3H3/t14-,15?,16?,18-,19-,20-,21+,22+/m0/s1. The maximum Gasteiger partial charge on any atom is 0.133 e. The normalized spacial score (nSPS) is 53.9. The summed E-state index contributed by atoms with van der Waals surface area (Å²) < 4.78 is 0. The van der Waals surface area contributed by atoms with Crippen LogP contribution in [0.1, 0.15) is 78.6 Å². The second kappa shape index (κ2) is 5.68. The molecule has 0 bridgehead atoms. The van der Waals surface area contributed by atoms with Crippen molar-refractivity contribution in [2.45, 2.75) is 78.6 Å². The van der Waals surface area contributed by atoms with Gasteiger partial charge in [-0.15, -0.1) is 0 Å². The second-order valence-electron chi connectivity index (χ2n) is 9.93. The van der Waals surface area contributed by atoms with E-state index >= 15 is 0 Å². The van der Waals surface area contributed by atoms with E-state index in [1.54, 1.807) is 0 Å². The molecule has 0 amide bonds. The fraction of sp³-hybridized carbons (Fsp3) is 0.909. The van der Waals surface area contributed by atoms with Crippen molar-refractivity contribution in [3.63, 3.8) is 0 Å². The highest BCUT2D eigenvalue weighted by atomic mass is 16.1. The molecule has 4 aliphatic rings. The van der Waals surface area contributed by atoms with Crippen LogP contribution in [-0.2, 0) is 9.59 Å². The van der Waals surface area contributed by atoms with Crippen molar-refractivity contribution >= 4 is 12.1 Å². The summed E-state index contributed by atoms with van der Waals surface area (Å²) in [6.45, 7) is 7.33.